The van der Waals surface area contributed by atoms with Gasteiger partial charge in [0, 0.05) is 31.0 Å². The van der Waals surface area contributed by atoms with Crippen LogP contribution in [-0.4, -0.2) is 40.2 Å². The Hall–Kier alpha value is -2.47. The Labute approximate surface area is 140 Å². The Morgan fingerprint density at radius 1 is 1.17 bits per heavy atom. The summed E-state index contributed by atoms with van der Waals surface area (Å²) in [5.74, 6) is -1.67. The van der Waals surface area contributed by atoms with Crippen molar-refractivity contribution in [2.45, 2.75) is 20.4 Å². The van der Waals surface area contributed by atoms with E-state index in [0.29, 0.717) is 12.1 Å². The lowest BCUT2D eigenvalue weighted by molar-refractivity contribution is 0.0694. The third-order valence-electron chi connectivity index (χ3n) is 4.03. The van der Waals surface area contributed by atoms with Gasteiger partial charge in [-0.2, -0.15) is 0 Å². The number of halogens is 1. The normalized spacial score (nSPS) is 11.0. The minimum Gasteiger partial charge on any atom is -0.477 e. The van der Waals surface area contributed by atoms with E-state index in [9.17, 15) is 19.1 Å². The minimum absolute atomic E-state index is 0.259. The molecule has 6 heteroatoms. The van der Waals surface area contributed by atoms with Gasteiger partial charge in [0.25, 0.3) is 0 Å². The standard InChI is InChI=1S/C18H21FN2O3/c1-3-20(4-2)9-10-21-11-15(13-5-7-14(19)8-6-13)17(22)16(12-21)18(23)24/h5-8,11-12H,3-4,9-10H2,1-2H3,(H,23,24). The van der Waals surface area contributed by atoms with E-state index in [4.69, 9.17) is 0 Å². The highest BCUT2D eigenvalue weighted by Crippen LogP contribution is 2.17. The molecule has 1 aromatic heterocycles. The zero-order valence-corrected chi connectivity index (χ0v) is 13.8. The first-order valence-electron chi connectivity index (χ1n) is 7.92. The van der Waals surface area contributed by atoms with Gasteiger partial charge in [-0.1, -0.05) is 26.0 Å². The molecule has 0 saturated heterocycles. The van der Waals surface area contributed by atoms with E-state index in [1.165, 1.54) is 30.5 Å². The number of aromatic nitrogens is 1. The summed E-state index contributed by atoms with van der Waals surface area (Å²) in [7, 11) is 0. The average Bonchev–Trinajstić information content (AvgIpc) is 2.57. The van der Waals surface area contributed by atoms with Gasteiger partial charge in [-0.25, -0.2) is 9.18 Å². The molecule has 0 radical (unpaired) electrons. The van der Waals surface area contributed by atoms with E-state index >= 15 is 0 Å². The second-order valence-electron chi connectivity index (χ2n) is 5.49. The molecule has 128 valence electrons. The molecule has 1 heterocycles. The van der Waals surface area contributed by atoms with E-state index in [1.54, 1.807) is 10.8 Å². The largest absolute Gasteiger partial charge is 0.477 e. The highest BCUT2D eigenvalue weighted by Gasteiger charge is 2.15. The number of nitrogens with zero attached hydrogens (tertiary/aromatic N) is 2. The number of rotatable bonds is 7. The zero-order valence-electron chi connectivity index (χ0n) is 13.8. The number of aromatic carboxylic acids is 1. The van der Waals surface area contributed by atoms with Gasteiger partial charge in [-0.05, 0) is 30.8 Å². The maximum Gasteiger partial charge on any atom is 0.341 e. The summed E-state index contributed by atoms with van der Waals surface area (Å²) in [6, 6.07) is 5.46. The zero-order chi connectivity index (χ0) is 17.7. The van der Waals surface area contributed by atoms with Crippen LogP contribution in [0.4, 0.5) is 4.39 Å². The van der Waals surface area contributed by atoms with Gasteiger partial charge in [0.05, 0.1) is 0 Å². The number of carboxylic acids is 1. The second-order valence-corrected chi connectivity index (χ2v) is 5.49. The van der Waals surface area contributed by atoms with Crippen LogP contribution in [-0.2, 0) is 6.54 Å². The number of hydrogen-bond acceptors (Lipinski definition) is 3. The molecular weight excluding hydrogens is 311 g/mol. The fraction of sp³-hybridized carbons (Fsp3) is 0.333. The van der Waals surface area contributed by atoms with Crippen molar-refractivity contribution >= 4 is 5.97 Å². The lowest BCUT2D eigenvalue weighted by Gasteiger charge is -2.19. The lowest BCUT2D eigenvalue weighted by Crippen LogP contribution is -2.28. The van der Waals surface area contributed by atoms with Crippen LogP contribution in [0.15, 0.2) is 41.5 Å². The van der Waals surface area contributed by atoms with Gasteiger partial charge in [0.1, 0.15) is 11.4 Å². The number of hydrogen-bond donors (Lipinski definition) is 1. The second kappa shape index (κ2) is 7.88. The Kier molecular flexibility index (Phi) is 5.87. The molecule has 0 fully saturated rings. The van der Waals surface area contributed by atoms with Crippen molar-refractivity contribution in [2.75, 3.05) is 19.6 Å². The van der Waals surface area contributed by atoms with Gasteiger partial charge in [-0.15, -0.1) is 0 Å². The summed E-state index contributed by atoms with van der Waals surface area (Å²) in [5.41, 5.74) is -0.0832. The quantitative estimate of drug-likeness (QED) is 0.847. The van der Waals surface area contributed by atoms with Crippen molar-refractivity contribution in [3.8, 4) is 11.1 Å². The molecule has 0 aliphatic rings. The smallest absolute Gasteiger partial charge is 0.341 e. The molecule has 0 atom stereocenters. The van der Waals surface area contributed by atoms with Crippen LogP contribution in [0.2, 0.25) is 0 Å². The van der Waals surface area contributed by atoms with Crippen LogP contribution in [0.3, 0.4) is 0 Å². The number of pyridine rings is 1. The van der Waals surface area contributed by atoms with Gasteiger partial charge in [0.2, 0.25) is 5.43 Å². The van der Waals surface area contributed by atoms with Crippen molar-refractivity contribution in [3.05, 3.63) is 58.3 Å². The Morgan fingerprint density at radius 3 is 2.33 bits per heavy atom. The molecule has 0 amide bonds. The van der Waals surface area contributed by atoms with E-state index < -0.39 is 17.2 Å². The number of carbonyl (C=O) groups is 1. The summed E-state index contributed by atoms with van der Waals surface area (Å²) in [6.07, 6.45) is 2.99. The van der Waals surface area contributed by atoms with E-state index in [0.717, 1.165) is 19.6 Å². The SMILES string of the molecule is CCN(CC)CCn1cc(C(=O)O)c(=O)c(-c2ccc(F)cc2)c1. The summed E-state index contributed by atoms with van der Waals surface area (Å²) < 4.78 is 14.8. The Bertz CT molecular complexity index is 765. The molecule has 2 aromatic rings. The Morgan fingerprint density at radius 2 is 1.79 bits per heavy atom. The first kappa shape index (κ1) is 17.9. The average molecular weight is 332 g/mol. The molecular formula is C18H21FN2O3. The fourth-order valence-corrected chi connectivity index (χ4v) is 2.54. The summed E-state index contributed by atoms with van der Waals surface area (Å²) >= 11 is 0. The molecule has 0 aliphatic heterocycles. The van der Waals surface area contributed by atoms with E-state index in [2.05, 4.69) is 18.7 Å². The third kappa shape index (κ3) is 4.08. The van der Waals surface area contributed by atoms with Crippen molar-refractivity contribution < 1.29 is 14.3 Å². The molecule has 1 aromatic carbocycles. The molecule has 2 rings (SSSR count). The van der Waals surface area contributed by atoms with Crippen LogP contribution in [0, 0.1) is 5.82 Å². The van der Waals surface area contributed by atoms with Gasteiger partial charge < -0.3 is 14.6 Å². The fourth-order valence-electron chi connectivity index (χ4n) is 2.54. The Balaban J connectivity index is 2.44. The number of benzene rings is 1. The maximum absolute atomic E-state index is 13.1. The van der Waals surface area contributed by atoms with Gasteiger partial charge in [-0.3, -0.25) is 4.79 Å². The molecule has 5 nitrogen and oxygen atoms in total. The number of likely N-dealkylation sites (N-methyl/N-ethyl adjacent to an activating group) is 1. The minimum atomic E-state index is -1.26. The molecule has 0 bridgehead atoms. The van der Waals surface area contributed by atoms with Crippen molar-refractivity contribution in [1.82, 2.24) is 9.47 Å². The molecule has 0 unspecified atom stereocenters. The maximum atomic E-state index is 13.1. The first-order valence-corrected chi connectivity index (χ1v) is 7.92. The van der Waals surface area contributed by atoms with Crippen LogP contribution in [0.1, 0.15) is 24.2 Å². The number of carboxylic acid groups (broad SMARTS) is 1. The van der Waals surface area contributed by atoms with Gasteiger partial charge in [0.15, 0.2) is 0 Å². The summed E-state index contributed by atoms with van der Waals surface area (Å²) in [5, 5.41) is 9.29. The topological polar surface area (TPSA) is 62.5 Å². The lowest BCUT2D eigenvalue weighted by atomic mass is 10.0. The van der Waals surface area contributed by atoms with Crippen molar-refractivity contribution in [2.24, 2.45) is 0 Å². The molecule has 24 heavy (non-hydrogen) atoms. The summed E-state index contributed by atoms with van der Waals surface area (Å²) in [6.45, 7) is 7.22. The van der Waals surface area contributed by atoms with Crippen molar-refractivity contribution in [3.63, 3.8) is 0 Å². The predicted octanol–water partition coefficient (Wildman–Crippen LogP) is 2.69. The highest BCUT2D eigenvalue weighted by molar-refractivity contribution is 5.88. The van der Waals surface area contributed by atoms with Gasteiger partial charge >= 0.3 is 5.97 Å². The van der Waals surface area contributed by atoms with E-state index in [-0.39, 0.29) is 11.1 Å². The first-order chi connectivity index (χ1) is 11.5. The molecule has 1 N–H and O–H groups in total. The van der Waals surface area contributed by atoms with Crippen LogP contribution in [0.5, 0.6) is 0 Å². The molecule has 0 saturated carbocycles. The van der Waals surface area contributed by atoms with E-state index in [1.807, 2.05) is 0 Å². The third-order valence-corrected chi connectivity index (χ3v) is 4.03. The van der Waals surface area contributed by atoms with Crippen molar-refractivity contribution in [1.29, 1.82) is 0 Å². The highest BCUT2D eigenvalue weighted by atomic mass is 19.1. The predicted molar refractivity (Wildman–Crippen MR) is 90.8 cm³/mol. The monoisotopic (exact) mass is 332 g/mol. The van der Waals surface area contributed by atoms with Crippen LogP contribution >= 0.6 is 0 Å². The molecule has 0 aliphatic carbocycles. The van der Waals surface area contributed by atoms with Crippen LogP contribution in [0.25, 0.3) is 11.1 Å². The summed E-state index contributed by atoms with van der Waals surface area (Å²) in [4.78, 5) is 26.0. The molecule has 0 spiro atoms. The van der Waals surface area contributed by atoms with Crippen LogP contribution < -0.4 is 5.43 Å².